The fourth-order valence-electron chi connectivity index (χ4n) is 1.64. The van der Waals surface area contributed by atoms with Crippen molar-refractivity contribution in [3.8, 4) is 0 Å². The second-order valence-corrected chi connectivity index (χ2v) is 5.07. The molecule has 8 nitrogen and oxygen atoms in total. The second-order valence-electron chi connectivity index (χ2n) is 5.07. The molecule has 0 saturated carbocycles. The minimum atomic E-state index is -1.12. The summed E-state index contributed by atoms with van der Waals surface area (Å²) >= 11 is 0. The lowest BCUT2D eigenvalue weighted by molar-refractivity contribution is -0.128. The predicted molar refractivity (Wildman–Crippen MR) is 73.8 cm³/mol. The maximum absolute atomic E-state index is 11.8. The highest BCUT2D eigenvalue weighted by molar-refractivity contribution is 5.88. The van der Waals surface area contributed by atoms with Gasteiger partial charge in [-0.05, 0) is 25.2 Å². The summed E-state index contributed by atoms with van der Waals surface area (Å²) in [6.45, 7) is 4.06. The van der Waals surface area contributed by atoms with Gasteiger partial charge in [0.1, 0.15) is 6.04 Å². The van der Waals surface area contributed by atoms with Gasteiger partial charge in [-0.25, -0.2) is 4.79 Å². The summed E-state index contributed by atoms with van der Waals surface area (Å²) in [5.74, 6) is -0.833. The molecule has 0 fully saturated rings. The molecule has 0 aromatic carbocycles. The quantitative estimate of drug-likeness (QED) is 0.358. The zero-order valence-corrected chi connectivity index (χ0v) is 11.9. The highest BCUT2D eigenvalue weighted by atomic mass is 16.4. The minimum absolute atomic E-state index is 0.212. The Balaban J connectivity index is 4.15. The lowest BCUT2D eigenvalue weighted by Gasteiger charge is -2.20. The van der Waals surface area contributed by atoms with Crippen LogP contribution in [0.5, 0.6) is 0 Å². The number of primary amides is 1. The lowest BCUT2D eigenvalue weighted by atomic mass is 10.0. The Hall–Kier alpha value is -1.83. The maximum Gasteiger partial charge on any atom is 0.404 e. The first kappa shape index (κ1) is 18.2. The van der Waals surface area contributed by atoms with Crippen molar-refractivity contribution in [2.75, 3.05) is 6.54 Å². The molecular weight excluding hydrogens is 264 g/mol. The van der Waals surface area contributed by atoms with Crippen LogP contribution in [0.4, 0.5) is 4.79 Å². The van der Waals surface area contributed by atoms with Gasteiger partial charge in [-0.1, -0.05) is 13.8 Å². The van der Waals surface area contributed by atoms with Crippen LogP contribution in [0.3, 0.4) is 0 Å². The van der Waals surface area contributed by atoms with E-state index >= 15 is 0 Å². The monoisotopic (exact) mass is 288 g/mol. The van der Waals surface area contributed by atoms with Gasteiger partial charge in [-0.15, -0.1) is 0 Å². The third-order valence-corrected chi connectivity index (χ3v) is 2.67. The molecule has 116 valence electrons. The molecular formula is C12H24N4O4. The van der Waals surface area contributed by atoms with Crippen molar-refractivity contribution in [3.05, 3.63) is 0 Å². The number of amides is 3. The standard InChI is InChI=1S/C12H24N4O4/c1-7(2)6-9(10(14)17)16-11(18)8(13)4-3-5-15-12(19)20/h7-9,15H,3-6,13H2,1-2H3,(H2,14,17)(H,16,18)(H,19,20). The summed E-state index contributed by atoms with van der Waals surface area (Å²) in [7, 11) is 0. The Labute approximate surface area is 118 Å². The van der Waals surface area contributed by atoms with E-state index in [9.17, 15) is 14.4 Å². The van der Waals surface area contributed by atoms with Gasteiger partial charge in [-0.2, -0.15) is 0 Å². The summed E-state index contributed by atoms with van der Waals surface area (Å²) in [6.07, 6.45) is 0.0914. The van der Waals surface area contributed by atoms with Crippen molar-refractivity contribution in [2.45, 2.75) is 45.2 Å². The number of hydrogen-bond donors (Lipinski definition) is 5. The Bertz CT molecular complexity index is 346. The predicted octanol–water partition coefficient (Wildman–Crippen LogP) is -0.622. The second kappa shape index (κ2) is 9.13. The largest absolute Gasteiger partial charge is 0.465 e. The first-order valence-corrected chi connectivity index (χ1v) is 6.56. The molecule has 8 heteroatoms. The number of carbonyl (C=O) groups excluding carboxylic acids is 2. The normalized spacial score (nSPS) is 13.6. The highest BCUT2D eigenvalue weighted by Crippen LogP contribution is 2.05. The van der Waals surface area contributed by atoms with Crippen LogP contribution in [-0.2, 0) is 9.59 Å². The van der Waals surface area contributed by atoms with E-state index < -0.39 is 30.0 Å². The van der Waals surface area contributed by atoms with E-state index in [2.05, 4.69) is 10.6 Å². The molecule has 0 rings (SSSR count). The zero-order chi connectivity index (χ0) is 15.7. The molecule has 2 atom stereocenters. The van der Waals surface area contributed by atoms with Crippen LogP contribution >= 0.6 is 0 Å². The van der Waals surface area contributed by atoms with Crippen molar-refractivity contribution < 1.29 is 19.5 Å². The van der Waals surface area contributed by atoms with Gasteiger partial charge in [0.25, 0.3) is 0 Å². The highest BCUT2D eigenvalue weighted by Gasteiger charge is 2.22. The van der Waals surface area contributed by atoms with Crippen molar-refractivity contribution in [2.24, 2.45) is 17.4 Å². The fourth-order valence-corrected chi connectivity index (χ4v) is 1.64. The van der Waals surface area contributed by atoms with E-state index in [0.29, 0.717) is 19.3 Å². The number of nitrogens with one attached hydrogen (secondary N) is 2. The van der Waals surface area contributed by atoms with Crippen LogP contribution in [0.1, 0.15) is 33.1 Å². The average Bonchev–Trinajstić information content (AvgIpc) is 2.32. The molecule has 0 heterocycles. The molecule has 0 aromatic rings. The van der Waals surface area contributed by atoms with Crippen LogP contribution in [0.25, 0.3) is 0 Å². The topological polar surface area (TPSA) is 148 Å². The Morgan fingerprint density at radius 3 is 2.30 bits per heavy atom. The summed E-state index contributed by atoms with van der Waals surface area (Å²) in [5, 5.41) is 13.1. The number of nitrogens with two attached hydrogens (primary N) is 2. The van der Waals surface area contributed by atoms with Gasteiger partial charge in [0.05, 0.1) is 6.04 Å². The zero-order valence-electron chi connectivity index (χ0n) is 11.9. The Kier molecular flexibility index (Phi) is 8.30. The molecule has 0 saturated heterocycles. The maximum atomic E-state index is 11.8. The molecule has 7 N–H and O–H groups in total. The van der Waals surface area contributed by atoms with Crippen LogP contribution < -0.4 is 22.1 Å². The van der Waals surface area contributed by atoms with Gasteiger partial charge in [0.15, 0.2) is 0 Å². The van der Waals surface area contributed by atoms with E-state index in [1.54, 1.807) is 0 Å². The molecule has 0 aliphatic rings. The van der Waals surface area contributed by atoms with Gasteiger partial charge in [-0.3, -0.25) is 9.59 Å². The van der Waals surface area contributed by atoms with E-state index in [1.807, 2.05) is 13.8 Å². The molecule has 0 aliphatic carbocycles. The van der Waals surface area contributed by atoms with E-state index in [-0.39, 0.29) is 12.5 Å². The molecule has 20 heavy (non-hydrogen) atoms. The smallest absolute Gasteiger partial charge is 0.404 e. The van der Waals surface area contributed by atoms with Crippen LogP contribution in [0.15, 0.2) is 0 Å². The Morgan fingerprint density at radius 1 is 1.25 bits per heavy atom. The van der Waals surface area contributed by atoms with Gasteiger partial charge in [0, 0.05) is 6.54 Å². The first-order chi connectivity index (χ1) is 9.23. The van der Waals surface area contributed by atoms with Crippen molar-refractivity contribution >= 4 is 17.9 Å². The van der Waals surface area contributed by atoms with Crippen LogP contribution in [-0.4, -0.2) is 41.6 Å². The third-order valence-electron chi connectivity index (χ3n) is 2.67. The molecule has 0 aromatic heterocycles. The van der Waals surface area contributed by atoms with Gasteiger partial charge < -0.3 is 27.2 Å². The molecule has 3 amide bonds. The van der Waals surface area contributed by atoms with E-state index in [1.165, 1.54) is 0 Å². The summed E-state index contributed by atoms with van der Waals surface area (Å²) in [5.41, 5.74) is 10.9. The van der Waals surface area contributed by atoms with Crippen molar-refractivity contribution in [3.63, 3.8) is 0 Å². The third kappa shape index (κ3) is 8.30. The van der Waals surface area contributed by atoms with Gasteiger partial charge in [0.2, 0.25) is 11.8 Å². The van der Waals surface area contributed by atoms with Crippen molar-refractivity contribution in [1.82, 2.24) is 10.6 Å². The van der Waals surface area contributed by atoms with Crippen LogP contribution in [0, 0.1) is 5.92 Å². The summed E-state index contributed by atoms with van der Waals surface area (Å²) in [4.78, 5) is 33.2. The molecule has 0 bridgehead atoms. The molecule has 0 aliphatic heterocycles. The summed E-state index contributed by atoms with van der Waals surface area (Å²) < 4.78 is 0. The van der Waals surface area contributed by atoms with E-state index in [4.69, 9.17) is 16.6 Å². The number of hydrogen-bond acceptors (Lipinski definition) is 4. The number of carboxylic acid groups (broad SMARTS) is 1. The molecule has 2 unspecified atom stereocenters. The first-order valence-electron chi connectivity index (χ1n) is 6.56. The molecule has 0 spiro atoms. The molecule has 0 radical (unpaired) electrons. The number of rotatable bonds is 9. The van der Waals surface area contributed by atoms with Crippen LogP contribution in [0.2, 0.25) is 0 Å². The SMILES string of the molecule is CC(C)CC(NC(=O)C(N)CCCNC(=O)O)C(N)=O. The fraction of sp³-hybridized carbons (Fsp3) is 0.750. The Morgan fingerprint density at radius 2 is 1.85 bits per heavy atom. The van der Waals surface area contributed by atoms with Gasteiger partial charge >= 0.3 is 6.09 Å². The number of carbonyl (C=O) groups is 3. The van der Waals surface area contributed by atoms with E-state index in [0.717, 1.165) is 0 Å². The van der Waals surface area contributed by atoms with Crippen molar-refractivity contribution in [1.29, 1.82) is 0 Å². The average molecular weight is 288 g/mol. The minimum Gasteiger partial charge on any atom is -0.465 e. The lowest BCUT2D eigenvalue weighted by Crippen LogP contribution is -2.50. The summed E-state index contributed by atoms with van der Waals surface area (Å²) in [6, 6.07) is -1.52.